The molecule has 2 heterocycles. The van der Waals surface area contributed by atoms with Gasteiger partial charge >= 0.3 is 5.69 Å². The number of anilines is 1. The van der Waals surface area contributed by atoms with E-state index in [0.717, 1.165) is 0 Å². The van der Waals surface area contributed by atoms with E-state index in [1.165, 1.54) is 10.7 Å². The van der Waals surface area contributed by atoms with Crippen molar-refractivity contribution in [2.45, 2.75) is 0 Å². The van der Waals surface area contributed by atoms with Crippen LogP contribution < -0.4 is 5.32 Å². The van der Waals surface area contributed by atoms with Gasteiger partial charge in [-0.15, -0.1) is 0 Å². The van der Waals surface area contributed by atoms with Crippen molar-refractivity contribution < 1.29 is 4.92 Å². The van der Waals surface area contributed by atoms with Gasteiger partial charge in [-0.05, 0) is 6.07 Å². The third-order valence-corrected chi connectivity index (χ3v) is 1.80. The van der Waals surface area contributed by atoms with Crippen molar-refractivity contribution in [2.24, 2.45) is 0 Å². The van der Waals surface area contributed by atoms with Crippen LogP contribution in [0.5, 0.6) is 0 Å². The third-order valence-electron chi connectivity index (χ3n) is 1.80. The zero-order valence-corrected chi connectivity index (χ0v) is 7.34. The second kappa shape index (κ2) is 2.95. The van der Waals surface area contributed by atoms with Crippen molar-refractivity contribution in [1.82, 2.24) is 14.6 Å². The van der Waals surface area contributed by atoms with E-state index in [0.29, 0.717) is 5.82 Å². The molecule has 0 amide bonds. The van der Waals surface area contributed by atoms with E-state index in [4.69, 9.17) is 0 Å². The average Bonchev–Trinajstić information content (AvgIpc) is 2.59. The maximum atomic E-state index is 10.6. The Morgan fingerprint density at radius 2 is 2.43 bits per heavy atom. The van der Waals surface area contributed by atoms with E-state index in [9.17, 15) is 10.1 Å². The predicted octanol–water partition coefficient (Wildman–Crippen LogP) is 0.679. The third kappa shape index (κ3) is 1.15. The summed E-state index contributed by atoms with van der Waals surface area (Å²) in [5, 5.41) is 17.2. The van der Waals surface area contributed by atoms with E-state index in [1.807, 2.05) is 0 Å². The molecule has 0 aliphatic heterocycles. The number of nitro groups is 1. The number of nitrogens with one attached hydrogen (secondary N) is 1. The molecule has 7 nitrogen and oxygen atoms in total. The van der Waals surface area contributed by atoms with Gasteiger partial charge in [0.1, 0.15) is 12.0 Å². The second-order valence-corrected chi connectivity index (χ2v) is 2.62. The van der Waals surface area contributed by atoms with Crippen LogP contribution in [-0.2, 0) is 0 Å². The van der Waals surface area contributed by atoms with Crippen molar-refractivity contribution in [3.8, 4) is 0 Å². The summed E-state index contributed by atoms with van der Waals surface area (Å²) in [6, 6.07) is 1.68. The quantitative estimate of drug-likeness (QED) is 0.559. The van der Waals surface area contributed by atoms with Crippen LogP contribution in [0.4, 0.5) is 11.5 Å². The maximum absolute atomic E-state index is 10.6. The van der Waals surface area contributed by atoms with E-state index in [2.05, 4.69) is 15.4 Å². The molecule has 1 N–H and O–H groups in total. The maximum Gasteiger partial charge on any atom is 0.333 e. The van der Waals surface area contributed by atoms with Gasteiger partial charge in [0.2, 0.25) is 5.65 Å². The lowest BCUT2D eigenvalue weighted by molar-refractivity contribution is -0.383. The van der Waals surface area contributed by atoms with Crippen molar-refractivity contribution in [2.75, 3.05) is 12.4 Å². The lowest BCUT2D eigenvalue weighted by Crippen LogP contribution is -1.97. The highest BCUT2D eigenvalue weighted by Gasteiger charge is 2.15. The largest absolute Gasteiger partial charge is 0.373 e. The highest BCUT2D eigenvalue weighted by Crippen LogP contribution is 2.17. The van der Waals surface area contributed by atoms with Gasteiger partial charge in [-0.3, -0.25) is 10.1 Å². The molecule has 2 rings (SSSR count). The standard InChI is InChI=1S/C7H7N5O2/c1-8-6-2-3-11-7(10-6)5(4-9-11)12(13)14/h2-4H,1H3,(H,8,10). The Morgan fingerprint density at radius 1 is 1.64 bits per heavy atom. The number of aromatic nitrogens is 3. The first kappa shape index (κ1) is 8.42. The Bertz CT molecular complexity index is 492. The van der Waals surface area contributed by atoms with Gasteiger partial charge in [0.25, 0.3) is 0 Å². The minimum absolute atomic E-state index is 0.0953. The first-order valence-electron chi connectivity index (χ1n) is 3.89. The summed E-state index contributed by atoms with van der Waals surface area (Å²) in [6.07, 6.45) is 2.79. The molecule has 0 aliphatic rings. The molecule has 0 fully saturated rings. The summed E-state index contributed by atoms with van der Waals surface area (Å²) >= 11 is 0. The number of hydrogen-bond donors (Lipinski definition) is 1. The first-order valence-corrected chi connectivity index (χ1v) is 3.89. The minimum atomic E-state index is -0.505. The summed E-state index contributed by atoms with van der Waals surface area (Å²) in [5.74, 6) is 0.570. The van der Waals surface area contributed by atoms with E-state index in [-0.39, 0.29) is 11.3 Å². The molecule has 7 heteroatoms. The first-order chi connectivity index (χ1) is 6.72. The van der Waals surface area contributed by atoms with E-state index >= 15 is 0 Å². The smallest absolute Gasteiger partial charge is 0.333 e. The predicted molar refractivity (Wildman–Crippen MR) is 49.2 cm³/mol. The Kier molecular flexibility index (Phi) is 1.77. The van der Waals surface area contributed by atoms with Crippen molar-refractivity contribution >= 4 is 17.2 Å². The van der Waals surface area contributed by atoms with Crippen LogP contribution in [0.1, 0.15) is 0 Å². The summed E-state index contributed by atoms with van der Waals surface area (Å²) in [7, 11) is 1.70. The summed E-state index contributed by atoms with van der Waals surface area (Å²) in [4.78, 5) is 14.1. The molecular formula is C7H7N5O2. The topological polar surface area (TPSA) is 85.4 Å². The Hall–Kier alpha value is -2.18. The van der Waals surface area contributed by atoms with Gasteiger partial charge in [0.15, 0.2) is 0 Å². The Balaban J connectivity index is 2.69. The molecule has 0 aromatic carbocycles. The fourth-order valence-corrected chi connectivity index (χ4v) is 1.12. The van der Waals surface area contributed by atoms with E-state index in [1.54, 1.807) is 19.3 Å². The van der Waals surface area contributed by atoms with Gasteiger partial charge in [-0.1, -0.05) is 0 Å². The van der Waals surface area contributed by atoms with Gasteiger partial charge in [-0.2, -0.15) is 5.10 Å². The Morgan fingerprint density at radius 3 is 3.07 bits per heavy atom. The molecule has 72 valence electrons. The summed E-state index contributed by atoms with van der Waals surface area (Å²) in [5.41, 5.74) is 0.143. The number of nitrogens with zero attached hydrogens (tertiary/aromatic N) is 4. The molecule has 0 atom stereocenters. The van der Waals surface area contributed by atoms with E-state index < -0.39 is 4.92 Å². The fraction of sp³-hybridized carbons (Fsp3) is 0.143. The van der Waals surface area contributed by atoms with Gasteiger partial charge in [-0.25, -0.2) is 9.50 Å². The zero-order valence-electron chi connectivity index (χ0n) is 7.34. The highest BCUT2D eigenvalue weighted by molar-refractivity contribution is 5.60. The normalized spacial score (nSPS) is 10.4. The lowest BCUT2D eigenvalue weighted by atomic mass is 10.5. The Labute approximate surface area is 78.5 Å². The van der Waals surface area contributed by atoms with Crippen molar-refractivity contribution in [3.05, 3.63) is 28.6 Å². The molecule has 0 spiro atoms. The zero-order chi connectivity index (χ0) is 10.1. The van der Waals surface area contributed by atoms with Gasteiger partial charge in [0, 0.05) is 13.2 Å². The van der Waals surface area contributed by atoms with Crippen molar-refractivity contribution in [1.29, 1.82) is 0 Å². The van der Waals surface area contributed by atoms with Crippen LogP contribution in [-0.4, -0.2) is 26.6 Å². The number of fused-ring (bicyclic) bond motifs is 1. The van der Waals surface area contributed by atoms with Crippen LogP contribution in [0.2, 0.25) is 0 Å². The van der Waals surface area contributed by atoms with Crippen LogP contribution >= 0.6 is 0 Å². The molecular weight excluding hydrogens is 186 g/mol. The molecule has 0 bridgehead atoms. The van der Waals surface area contributed by atoms with Crippen LogP contribution in [0.25, 0.3) is 5.65 Å². The molecule has 2 aromatic heterocycles. The number of rotatable bonds is 2. The summed E-state index contributed by atoms with van der Waals surface area (Å²) in [6.45, 7) is 0. The van der Waals surface area contributed by atoms with Gasteiger partial charge in [0.05, 0.1) is 4.92 Å². The minimum Gasteiger partial charge on any atom is -0.373 e. The summed E-state index contributed by atoms with van der Waals surface area (Å²) < 4.78 is 1.36. The highest BCUT2D eigenvalue weighted by atomic mass is 16.6. The molecule has 14 heavy (non-hydrogen) atoms. The average molecular weight is 193 g/mol. The van der Waals surface area contributed by atoms with Gasteiger partial charge < -0.3 is 5.32 Å². The lowest BCUT2D eigenvalue weighted by Gasteiger charge is -1.97. The second-order valence-electron chi connectivity index (χ2n) is 2.62. The fourth-order valence-electron chi connectivity index (χ4n) is 1.12. The van der Waals surface area contributed by atoms with Crippen LogP contribution in [0.3, 0.4) is 0 Å². The van der Waals surface area contributed by atoms with Crippen LogP contribution in [0.15, 0.2) is 18.5 Å². The molecule has 0 aliphatic carbocycles. The molecule has 0 saturated carbocycles. The molecule has 0 saturated heterocycles. The SMILES string of the molecule is CNc1ccn2ncc([N+](=O)[O-])c2n1. The monoisotopic (exact) mass is 193 g/mol. The molecule has 2 aromatic rings. The number of hydrogen-bond acceptors (Lipinski definition) is 5. The molecule has 0 radical (unpaired) electrons. The molecule has 0 unspecified atom stereocenters. The van der Waals surface area contributed by atoms with Crippen molar-refractivity contribution in [3.63, 3.8) is 0 Å². The van der Waals surface area contributed by atoms with Crippen LogP contribution in [0, 0.1) is 10.1 Å².